The van der Waals surface area contributed by atoms with Crippen LogP contribution in [-0.4, -0.2) is 36.4 Å². The van der Waals surface area contributed by atoms with E-state index in [9.17, 15) is 4.79 Å². The number of benzene rings is 1. The van der Waals surface area contributed by atoms with E-state index in [2.05, 4.69) is 11.8 Å². The Kier molecular flexibility index (Phi) is 3.92. The first-order valence-corrected chi connectivity index (χ1v) is 6.29. The molecule has 1 fully saturated rings. The van der Waals surface area contributed by atoms with Crippen LogP contribution in [-0.2, 0) is 6.42 Å². The first-order chi connectivity index (χ1) is 8.19. The number of hydrogen-bond donors (Lipinski definition) is 1. The minimum Gasteiger partial charge on any atom is -0.326 e. The van der Waals surface area contributed by atoms with E-state index in [1.807, 2.05) is 24.3 Å². The van der Waals surface area contributed by atoms with Gasteiger partial charge in [0.1, 0.15) is 0 Å². The van der Waals surface area contributed by atoms with Gasteiger partial charge in [-0.2, -0.15) is 0 Å². The van der Waals surface area contributed by atoms with Crippen LogP contribution in [0, 0.1) is 0 Å². The van der Waals surface area contributed by atoms with Gasteiger partial charge in [-0.3, -0.25) is 9.69 Å². The van der Waals surface area contributed by atoms with Crippen molar-refractivity contribution in [3.05, 3.63) is 35.4 Å². The summed E-state index contributed by atoms with van der Waals surface area (Å²) in [6, 6.07) is 8.16. The highest BCUT2D eigenvalue weighted by Crippen LogP contribution is 2.10. The van der Waals surface area contributed by atoms with E-state index in [-0.39, 0.29) is 11.8 Å². The molecule has 1 unspecified atom stereocenters. The molecule has 0 spiro atoms. The fraction of sp³-hybridized carbons (Fsp3) is 0.500. The molecule has 1 aromatic rings. The van der Waals surface area contributed by atoms with Crippen LogP contribution in [0.5, 0.6) is 0 Å². The Labute approximate surface area is 103 Å². The normalized spacial score (nSPS) is 20.7. The minimum atomic E-state index is 0.196. The molecule has 0 aliphatic carbocycles. The van der Waals surface area contributed by atoms with Crippen molar-refractivity contribution < 1.29 is 4.79 Å². The van der Waals surface area contributed by atoms with Gasteiger partial charge in [-0.05, 0) is 18.4 Å². The lowest BCUT2D eigenvalue weighted by Crippen LogP contribution is -2.31. The third kappa shape index (κ3) is 3.14. The molecule has 0 radical (unpaired) electrons. The quantitative estimate of drug-likeness (QED) is 0.800. The zero-order valence-electron chi connectivity index (χ0n) is 10.4. The Morgan fingerprint density at radius 1 is 1.41 bits per heavy atom. The van der Waals surface area contributed by atoms with Crippen molar-refractivity contribution in [2.45, 2.75) is 25.8 Å². The van der Waals surface area contributed by atoms with Gasteiger partial charge >= 0.3 is 0 Å². The summed E-state index contributed by atoms with van der Waals surface area (Å²) in [6.07, 6.45) is 2.01. The lowest BCUT2D eigenvalue weighted by molar-refractivity contribution is 0.0945. The summed E-state index contributed by atoms with van der Waals surface area (Å²) in [5.74, 6) is 0.196. The summed E-state index contributed by atoms with van der Waals surface area (Å²) in [5.41, 5.74) is 7.90. The number of hydrogen-bond acceptors (Lipinski definition) is 3. The number of nitrogens with zero attached hydrogens (tertiary/aromatic N) is 1. The summed E-state index contributed by atoms with van der Waals surface area (Å²) >= 11 is 0. The Hall–Kier alpha value is -1.19. The molecule has 1 atom stereocenters. The van der Waals surface area contributed by atoms with Crippen molar-refractivity contribution in [1.29, 1.82) is 0 Å². The van der Waals surface area contributed by atoms with Crippen LogP contribution in [0.4, 0.5) is 0 Å². The van der Waals surface area contributed by atoms with Gasteiger partial charge in [-0.15, -0.1) is 0 Å². The molecular weight excluding hydrogens is 212 g/mol. The molecule has 3 nitrogen and oxygen atoms in total. The lowest BCUT2D eigenvalue weighted by atomic mass is 10.1. The van der Waals surface area contributed by atoms with E-state index in [4.69, 9.17) is 5.73 Å². The molecule has 0 saturated carbocycles. The molecule has 2 rings (SSSR count). The molecule has 0 bridgehead atoms. The molecule has 17 heavy (non-hydrogen) atoms. The molecule has 1 aliphatic heterocycles. The van der Waals surface area contributed by atoms with Gasteiger partial charge in [0.25, 0.3) is 0 Å². The zero-order valence-corrected chi connectivity index (χ0v) is 10.4. The van der Waals surface area contributed by atoms with Crippen LogP contribution in [0.2, 0.25) is 0 Å². The maximum absolute atomic E-state index is 12.0. The fourth-order valence-electron chi connectivity index (χ4n) is 2.23. The van der Waals surface area contributed by atoms with E-state index in [1.54, 1.807) is 0 Å². The van der Waals surface area contributed by atoms with E-state index in [1.165, 1.54) is 5.56 Å². The number of aryl methyl sites for hydroxylation is 1. The summed E-state index contributed by atoms with van der Waals surface area (Å²) < 4.78 is 0. The van der Waals surface area contributed by atoms with E-state index in [0.717, 1.165) is 31.5 Å². The Morgan fingerprint density at radius 3 is 2.65 bits per heavy atom. The maximum Gasteiger partial charge on any atom is 0.176 e. The average Bonchev–Trinajstić information content (AvgIpc) is 2.75. The van der Waals surface area contributed by atoms with Gasteiger partial charge in [0.2, 0.25) is 0 Å². The maximum atomic E-state index is 12.0. The average molecular weight is 232 g/mol. The van der Waals surface area contributed by atoms with Crippen LogP contribution in [0.25, 0.3) is 0 Å². The Morgan fingerprint density at radius 2 is 2.12 bits per heavy atom. The Bertz CT molecular complexity index is 386. The highest BCUT2D eigenvalue weighted by Gasteiger charge is 2.21. The molecule has 1 saturated heterocycles. The first-order valence-electron chi connectivity index (χ1n) is 6.29. The second-order valence-corrected chi connectivity index (χ2v) is 4.76. The molecule has 1 aliphatic rings. The standard InChI is InChI=1S/C14H20N2O/c1-2-11-3-5-12(6-4-11)14(17)10-16-8-7-13(15)9-16/h3-6,13H,2,7-10,15H2,1H3. The number of nitrogens with two attached hydrogens (primary N) is 1. The molecule has 0 aromatic heterocycles. The molecular formula is C14H20N2O. The minimum absolute atomic E-state index is 0.196. The number of carbonyl (C=O) groups excluding carboxylic acids is 1. The van der Waals surface area contributed by atoms with Crippen LogP contribution >= 0.6 is 0 Å². The molecule has 92 valence electrons. The first kappa shape index (κ1) is 12.3. The summed E-state index contributed by atoms with van der Waals surface area (Å²) in [7, 11) is 0. The smallest absolute Gasteiger partial charge is 0.176 e. The second kappa shape index (κ2) is 5.43. The predicted octanol–water partition coefficient (Wildman–Crippen LogP) is 1.46. The van der Waals surface area contributed by atoms with Gasteiger partial charge in [-0.25, -0.2) is 0 Å². The molecule has 2 N–H and O–H groups in total. The second-order valence-electron chi connectivity index (χ2n) is 4.76. The van der Waals surface area contributed by atoms with Crippen LogP contribution in [0.1, 0.15) is 29.3 Å². The van der Waals surface area contributed by atoms with Gasteiger partial charge in [0.05, 0.1) is 6.54 Å². The number of Topliss-reactive ketones (excluding diaryl/α,β-unsaturated/α-hetero) is 1. The van der Waals surface area contributed by atoms with Crippen molar-refractivity contribution in [2.75, 3.05) is 19.6 Å². The van der Waals surface area contributed by atoms with Gasteiger partial charge < -0.3 is 5.73 Å². The molecule has 0 amide bonds. The topological polar surface area (TPSA) is 46.3 Å². The van der Waals surface area contributed by atoms with Crippen molar-refractivity contribution in [3.63, 3.8) is 0 Å². The van der Waals surface area contributed by atoms with Gasteiger partial charge in [-0.1, -0.05) is 31.2 Å². The lowest BCUT2D eigenvalue weighted by Gasteiger charge is -2.13. The van der Waals surface area contributed by atoms with Crippen molar-refractivity contribution >= 4 is 5.78 Å². The summed E-state index contributed by atoms with van der Waals surface area (Å²) in [5, 5.41) is 0. The van der Waals surface area contributed by atoms with E-state index >= 15 is 0 Å². The number of ketones is 1. The van der Waals surface area contributed by atoms with Crippen molar-refractivity contribution in [2.24, 2.45) is 5.73 Å². The van der Waals surface area contributed by atoms with Crippen molar-refractivity contribution in [1.82, 2.24) is 4.90 Å². The largest absolute Gasteiger partial charge is 0.326 e. The summed E-state index contributed by atoms with van der Waals surface area (Å²) in [4.78, 5) is 14.2. The summed E-state index contributed by atoms with van der Waals surface area (Å²) in [6.45, 7) is 4.40. The molecule has 1 aromatic carbocycles. The third-order valence-electron chi connectivity index (χ3n) is 3.36. The molecule has 3 heteroatoms. The Balaban J connectivity index is 1.94. The monoisotopic (exact) mass is 232 g/mol. The number of carbonyl (C=O) groups is 1. The van der Waals surface area contributed by atoms with E-state index in [0.29, 0.717) is 6.54 Å². The van der Waals surface area contributed by atoms with Gasteiger partial charge in [0.15, 0.2) is 5.78 Å². The highest BCUT2D eigenvalue weighted by atomic mass is 16.1. The number of likely N-dealkylation sites (tertiary alicyclic amines) is 1. The van der Waals surface area contributed by atoms with Crippen molar-refractivity contribution in [3.8, 4) is 0 Å². The van der Waals surface area contributed by atoms with Crippen LogP contribution in [0.3, 0.4) is 0 Å². The zero-order chi connectivity index (χ0) is 12.3. The van der Waals surface area contributed by atoms with Gasteiger partial charge in [0, 0.05) is 24.7 Å². The SMILES string of the molecule is CCc1ccc(C(=O)CN2CCC(N)C2)cc1. The molecule has 1 heterocycles. The third-order valence-corrected chi connectivity index (χ3v) is 3.36. The fourth-order valence-corrected chi connectivity index (χ4v) is 2.23. The number of rotatable bonds is 4. The van der Waals surface area contributed by atoms with Crippen LogP contribution < -0.4 is 5.73 Å². The van der Waals surface area contributed by atoms with E-state index < -0.39 is 0 Å². The highest BCUT2D eigenvalue weighted by molar-refractivity contribution is 5.97. The van der Waals surface area contributed by atoms with Crippen LogP contribution in [0.15, 0.2) is 24.3 Å². The predicted molar refractivity (Wildman–Crippen MR) is 69.2 cm³/mol.